The van der Waals surface area contributed by atoms with Crippen LogP contribution in [0.1, 0.15) is 27.1 Å². The quantitative estimate of drug-likeness (QED) is 0.592. The van der Waals surface area contributed by atoms with Crippen molar-refractivity contribution in [3.8, 4) is 0 Å². The SMILES string of the molecule is O=C(O)C=CCC(=O)O.O=C(O)c1ccccc1C(=O)O. The molecule has 0 radical (unpaired) electrons. The van der Waals surface area contributed by atoms with Crippen LogP contribution in [0.25, 0.3) is 0 Å². The van der Waals surface area contributed by atoms with Crippen molar-refractivity contribution in [3.05, 3.63) is 47.5 Å². The summed E-state index contributed by atoms with van der Waals surface area (Å²) in [5.41, 5.74) is -0.380. The summed E-state index contributed by atoms with van der Waals surface area (Å²) in [6.45, 7) is 0. The smallest absolute Gasteiger partial charge is 0.336 e. The first-order chi connectivity index (χ1) is 9.75. The van der Waals surface area contributed by atoms with Gasteiger partial charge in [-0.05, 0) is 12.1 Å². The van der Waals surface area contributed by atoms with E-state index in [2.05, 4.69) is 0 Å². The minimum absolute atomic E-state index is 0.190. The van der Waals surface area contributed by atoms with E-state index in [9.17, 15) is 19.2 Å². The van der Waals surface area contributed by atoms with Crippen LogP contribution in [0.5, 0.6) is 0 Å². The lowest BCUT2D eigenvalue weighted by Crippen LogP contribution is -2.06. The predicted molar refractivity (Wildman–Crippen MR) is 69.4 cm³/mol. The maximum atomic E-state index is 10.5. The zero-order valence-corrected chi connectivity index (χ0v) is 10.6. The second-order valence-electron chi connectivity index (χ2n) is 3.49. The van der Waals surface area contributed by atoms with Crippen LogP contribution >= 0.6 is 0 Å². The summed E-state index contributed by atoms with van der Waals surface area (Å²) in [5.74, 6) is -4.62. The Bertz CT molecular complexity index is 540. The van der Waals surface area contributed by atoms with Crippen LogP contribution < -0.4 is 0 Å². The number of aromatic carboxylic acids is 2. The van der Waals surface area contributed by atoms with Gasteiger partial charge in [0.1, 0.15) is 0 Å². The lowest BCUT2D eigenvalue weighted by molar-refractivity contribution is -0.136. The van der Waals surface area contributed by atoms with Gasteiger partial charge in [0.05, 0.1) is 17.5 Å². The number of aliphatic carboxylic acids is 2. The van der Waals surface area contributed by atoms with E-state index >= 15 is 0 Å². The molecule has 0 aromatic heterocycles. The number of carboxylic acid groups (broad SMARTS) is 4. The molecule has 0 amide bonds. The summed E-state index contributed by atoms with van der Waals surface area (Å²) in [4.78, 5) is 40.4. The van der Waals surface area contributed by atoms with Gasteiger partial charge < -0.3 is 20.4 Å². The molecule has 1 aromatic rings. The molecule has 0 fully saturated rings. The van der Waals surface area contributed by atoms with Crippen molar-refractivity contribution in [2.24, 2.45) is 0 Å². The van der Waals surface area contributed by atoms with Gasteiger partial charge in [-0.25, -0.2) is 14.4 Å². The van der Waals surface area contributed by atoms with E-state index < -0.39 is 23.9 Å². The van der Waals surface area contributed by atoms with Crippen LogP contribution in [0.15, 0.2) is 36.4 Å². The van der Waals surface area contributed by atoms with E-state index in [1.807, 2.05) is 0 Å². The van der Waals surface area contributed by atoms with Crippen LogP contribution in [0.3, 0.4) is 0 Å². The van der Waals surface area contributed by atoms with E-state index in [1.54, 1.807) is 0 Å². The Kier molecular flexibility index (Phi) is 7.53. The maximum absolute atomic E-state index is 10.5. The topological polar surface area (TPSA) is 149 Å². The fourth-order valence-electron chi connectivity index (χ4n) is 1.12. The van der Waals surface area contributed by atoms with E-state index in [0.29, 0.717) is 0 Å². The molecule has 8 heteroatoms. The second-order valence-corrected chi connectivity index (χ2v) is 3.49. The maximum Gasteiger partial charge on any atom is 0.336 e. The fourth-order valence-corrected chi connectivity index (χ4v) is 1.12. The molecule has 112 valence electrons. The van der Waals surface area contributed by atoms with Gasteiger partial charge in [0.2, 0.25) is 0 Å². The molecule has 1 aromatic carbocycles. The van der Waals surface area contributed by atoms with Crippen LogP contribution in [0.2, 0.25) is 0 Å². The third-order valence-corrected chi connectivity index (χ3v) is 1.94. The number of benzene rings is 1. The first-order valence-electron chi connectivity index (χ1n) is 5.42. The molecule has 0 unspecified atom stereocenters. The molecule has 0 saturated heterocycles. The third kappa shape index (κ3) is 7.78. The van der Waals surface area contributed by atoms with Crippen molar-refractivity contribution in [3.63, 3.8) is 0 Å². The van der Waals surface area contributed by atoms with Crippen molar-refractivity contribution in [2.45, 2.75) is 6.42 Å². The molecular formula is C13H12O8. The van der Waals surface area contributed by atoms with E-state index in [1.165, 1.54) is 24.3 Å². The molecule has 0 spiro atoms. The lowest BCUT2D eigenvalue weighted by Gasteiger charge is -1.98. The van der Waals surface area contributed by atoms with Crippen molar-refractivity contribution >= 4 is 23.9 Å². The largest absolute Gasteiger partial charge is 0.481 e. The highest BCUT2D eigenvalue weighted by Gasteiger charge is 2.13. The summed E-state index contributed by atoms with van der Waals surface area (Å²) in [7, 11) is 0. The van der Waals surface area contributed by atoms with Crippen LogP contribution in [0, 0.1) is 0 Å². The molecule has 0 aliphatic heterocycles. The monoisotopic (exact) mass is 296 g/mol. The predicted octanol–water partition coefficient (Wildman–Crippen LogP) is 1.18. The van der Waals surface area contributed by atoms with Crippen molar-refractivity contribution < 1.29 is 39.6 Å². The minimum atomic E-state index is -1.23. The lowest BCUT2D eigenvalue weighted by atomic mass is 10.1. The Morgan fingerprint density at radius 2 is 1.29 bits per heavy atom. The minimum Gasteiger partial charge on any atom is -0.481 e. The van der Waals surface area contributed by atoms with Gasteiger partial charge in [-0.1, -0.05) is 18.2 Å². The Morgan fingerprint density at radius 1 is 0.857 bits per heavy atom. The van der Waals surface area contributed by atoms with Crippen LogP contribution in [0.4, 0.5) is 0 Å². The molecule has 0 aliphatic carbocycles. The molecule has 0 atom stereocenters. The summed E-state index contributed by atoms with van der Waals surface area (Å²) >= 11 is 0. The summed E-state index contributed by atoms with van der Waals surface area (Å²) in [6.07, 6.45) is 1.63. The summed E-state index contributed by atoms with van der Waals surface area (Å²) in [6, 6.07) is 5.48. The molecule has 21 heavy (non-hydrogen) atoms. The Labute approximate surface area is 118 Å². The van der Waals surface area contributed by atoms with Gasteiger partial charge in [0, 0.05) is 6.08 Å². The third-order valence-electron chi connectivity index (χ3n) is 1.94. The molecule has 4 N–H and O–H groups in total. The van der Waals surface area contributed by atoms with Crippen LogP contribution in [-0.4, -0.2) is 44.3 Å². The second kappa shape index (κ2) is 8.86. The Balaban J connectivity index is 0.000000400. The van der Waals surface area contributed by atoms with Crippen molar-refractivity contribution in [2.75, 3.05) is 0 Å². The number of hydrogen-bond acceptors (Lipinski definition) is 4. The van der Waals surface area contributed by atoms with E-state index in [0.717, 1.165) is 12.2 Å². The molecule has 0 aliphatic rings. The molecule has 1 rings (SSSR count). The average molecular weight is 296 g/mol. The van der Waals surface area contributed by atoms with Crippen molar-refractivity contribution in [1.29, 1.82) is 0 Å². The molecule has 0 saturated carbocycles. The fraction of sp³-hybridized carbons (Fsp3) is 0.0769. The number of rotatable bonds is 5. The number of carboxylic acids is 4. The Hall–Kier alpha value is -3.16. The summed E-state index contributed by atoms with van der Waals surface area (Å²) in [5, 5.41) is 33.0. The summed E-state index contributed by atoms with van der Waals surface area (Å²) < 4.78 is 0. The van der Waals surface area contributed by atoms with Gasteiger partial charge in [-0.3, -0.25) is 4.79 Å². The number of hydrogen-bond donors (Lipinski definition) is 4. The highest BCUT2D eigenvalue weighted by atomic mass is 16.4. The van der Waals surface area contributed by atoms with Crippen LogP contribution in [-0.2, 0) is 9.59 Å². The molecule has 0 heterocycles. The van der Waals surface area contributed by atoms with Gasteiger partial charge >= 0.3 is 23.9 Å². The molecule has 8 nitrogen and oxygen atoms in total. The molecule has 0 bridgehead atoms. The van der Waals surface area contributed by atoms with Gasteiger partial charge in [0.25, 0.3) is 0 Å². The molecular weight excluding hydrogens is 284 g/mol. The van der Waals surface area contributed by atoms with E-state index in [4.69, 9.17) is 20.4 Å². The van der Waals surface area contributed by atoms with E-state index in [-0.39, 0.29) is 17.5 Å². The number of carbonyl (C=O) groups is 4. The van der Waals surface area contributed by atoms with Gasteiger partial charge in [-0.15, -0.1) is 0 Å². The van der Waals surface area contributed by atoms with Gasteiger partial charge in [-0.2, -0.15) is 0 Å². The first-order valence-corrected chi connectivity index (χ1v) is 5.42. The Morgan fingerprint density at radius 3 is 1.57 bits per heavy atom. The highest BCUT2D eigenvalue weighted by Crippen LogP contribution is 2.07. The van der Waals surface area contributed by atoms with Gasteiger partial charge in [0.15, 0.2) is 0 Å². The highest BCUT2D eigenvalue weighted by molar-refractivity contribution is 6.01. The zero-order chi connectivity index (χ0) is 16.4. The zero-order valence-electron chi connectivity index (χ0n) is 10.6. The average Bonchev–Trinajstić information content (AvgIpc) is 2.38. The van der Waals surface area contributed by atoms with Crippen molar-refractivity contribution in [1.82, 2.24) is 0 Å². The first kappa shape index (κ1) is 17.8. The standard InChI is InChI=1S/C8H6O4.C5H6O4/c9-7(10)5-3-1-2-4-6(5)8(11)12;6-4(7)2-1-3-5(8)9/h1-4H,(H,9,10)(H,11,12);1-2H,3H2,(H,6,7)(H,8,9). The normalized spacial score (nSPS) is 9.52.